The largest absolute Gasteiger partial charge is 0.462 e. The van der Waals surface area contributed by atoms with E-state index in [0.29, 0.717) is 27.9 Å². The Bertz CT molecular complexity index is 1100. The topological polar surface area (TPSA) is 103 Å². The summed E-state index contributed by atoms with van der Waals surface area (Å²) in [6.07, 6.45) is 2.96. The molecule has 0 spiro atoms. The Hall–Kier alpha value is -3.88. The zero-order valence-electron chi connectivity index (χ0n) is 16.6. The van der Waals surface area contributed by atoms with E-state index >= 15 is 0 Å². The van der Waals surface area contributed by atoms with Gasteiger partial charge in [0.15, 0.2) is 0 Å². The summed E-state index contributed by atoms with van der Waals surface area (Å²) >= 11 is 0. The number of aromatic nitrogens is 3. The number of nitrogens with zero attached hydrogens (tertiary/aromatic N) is 3. The van der Waals surface area contributed by atoms with Gasteiger partial charge in [0.2, 0.25) is 0 Å². The van der Waals surface area contributed by atoms with Crippen molar-refractivity contribution >= 4 is 11.9 Å². The van der Waals surface area contributed by atoms with Gasteiger partial charge in [-0.2, -0.15) is 10.6 Å². The Morgan fingerprint density at radius 1 is 1.17 bits per heavy atom. The van der Waals surface area contributed by atoms with Gasteiger partial charge in [0, 0.05) is 11.8 Å². The zero-order chi connectivity index (χ0) is 21.7. The molecule has 0 aliphatic heterocycles. The predicted octanol–water partition coefficient (Wildman–Crippen LogP) is 3.20. The molecular formula is C21H19FN4O4. The van der Waals surface area contributed by atoms with Gasteiger partial charge in [-0.1, -0.05) is 12.1 Å². The summed E-state index contributed by atoms with van der Waals surface area (Å²) in [6.45, 7) is 5.19. The molecule has 1 amide bonds. The molecule has 154 valence electrons. The summed E-state index contributed by atoms with van der Waals surface area (Å²) in [5.74, 6) is -1.96. The van der Waals surface area contributed by atoms with Crippen LogP contribution in [0.3, 0.4) is 0 Å². The lowest BCUT2D eigenvalue weighted by Crippen LogP contribution is -2.28. The fraction of sp³-hybridized carbons (Fsp3) is 0.190. The van der Waals surface area contributed by atoms with Crippen LogP contribution in [0.2, 0.25) is 0 Å². The molecule has 2 heterocycles. The summed E-state index contributed by atoms with van der Waals surface area (Å²) in [5, 5.41) is 7.61. The molecule has 0 atom stereocenters. The highest BCUT2D eigenvalue weighted by Crippen LogP contribution is 2.28. The first-order valence-corrected chi connectivity index (χ1v) is 9.10. The van der Waals surface area contributed by atoms with Crippen molar-refractivity contribution in [2.24, 2.45) is 0 Å². The minimum absolute atomic E-state index is 0.0422. The van der Waals surface area contributed by atoms with Crippen molar-refractivity contribution < 1.29 is 23.6 Å². The molecule has 0 saturated heterocycles. The maximum absolute atomic E-state index is 14.1. The normalized spacial score (nSPS) is 10.4. The molecule has 0 fully saturated rings. The van der Waals surface area contributed by atoms with Gasteiger partial charge in [0.05, 0.1) is 35.2 Å². The number of hydrogen-bond donors (Lipinski definition) is 1. The molecule has 3 aromatic rings. The molecule has 0 unspecified atom stereocenters. The van der Waals surface area contributed by atoms with Crippen LogP contribution < -0.4 is 10.3 Å². The number of esters is 1. The molecule has 9 heteroatoms. The maximum Gasteiger partial charge on any atom is 0.339 e. The van der Waals surface area contributed by atoms with Crippen molar-refractivity contribution in [1.29, 1.82) is 0 Å². The number of halogens is 1. The second-order valence-corrected chi connectivity index (χ2v) is 6.30. The van der Waals surface area contributed by atoms with Crippen molar-refractivity contribution in [1.82, 2.24) is 20.7 Å². The average molecular weight is 410 g/mol. The van der Waals surface area contributed by atoms with Gasteiger partial charge in [-0.25, -0.2) is 9.18 Å². The van der Waals surface area contributed by atoms with Crippen LogP contribution in [-0.4, -0.2) is 33.7 Å². The number of hydrogen-bond acceptors (Lipinski definition) is 7. The van der Waals surface area contributed by atoms with Gasteiger partial charge in [-0.15, -0.1) is 5.10 Å². The van der Waals surface area contributed by atoms with E-state index in [-0.39, 0.29) is 18.1 Å². The fourth-order valence-electron chi connectivity index (χ4n) is 2.68. The minimum Gasteiger partial charge on any atom is -0.462 e. The third-order valence-electron chi connectivity index (χ3n) is 4.26. The van der Waals surface area contributed by atoms with Crippen LogP contribution in [0, 0.1) is 19.7 Å². The molecule has 0 aliphatic carbocycles. The Morgan fingerprint density at radius 3 is 2.73 bits per heavy atom. The highest BCUT2D eigenvalue weighted by Gasteiger charge is 2.18. The van der Waals surface area contributed by atoms with Crippen LogP contribution >= 0.6 is 0 Å². The Morgan fingerprint density at radius 2 is 1.97 bits per heavy atom. The molecule has 0 radical (unpaired) electrons. The zero-order valence-corrected chi connectivity index (χ0v) is 16.6. The first-order chi connectivity index (χ1) is 14.4. The fourth-order valence-corrected chi connectivity index (χ4v) is 2.68. The molecule has 3 rings (SSSR count). The first kappa shape index (κ1) is 20.8. The molecule has 30 heavy (non-hydrogen) atoms. The number of ether oxygens (including phenoxy) is 1. The third kappa shape index (κ3) is 4.40. The van der Waals surface area contributed by atoms with E-state index in [1.807, 2.05) is 0 Å². The van der Waals surface area contributed by atoms with Crippen LogP contribution in [0.1, 0.15) is 38.9 Å². The average Bonchev–Trinajstić information content (AvgIpc) is 2.74. The van der Waals surface area contributed by atoms with E-state index in [1.54, 1.807) is 45.0 Å². The quantitative estimate of drug-likeness (QED) is 0.492. The highest BCUT2D eigenvalue weighted by molar-refractivity contribution is 5.94. The Balaban J connectivity index is 1.87. The summed E-state index contributed by atoms with van der Waals surface area (Å²) in [4.78, 5) is 34.0. The van der Waals surface area contributed by atoms with Crippen LogP contribution in [0.15, 0.2) is 42.7 Å². The number of benzene rings is 1. The number of hydroxylamine groups is 1. The molecule has 0 saturated carbocycles. The number of amides is 1. The number of carbonyl (C=O) groups excluding carboxylic acids is 2. The van der Waals surface area contributed by atoms with E-state index in [0.717, 1.165) is 0 Å². The number of carbonyl (C=O) groups is 2. The number of rotatable bonds is 6. The summed E-state index contributed by atoms with van der Waals surface area (Å²) < 4.78 is 19.2. The predicted molar refractivity (Wildman–Crippen MR) is 105 cm³/mol. The monoisotopic (exact) mass is 410 g/mol. The van der Waals surface area contributed by atoms with E-state index in [2.05, 4.69) is 20.7 Å². The van der Waals surface area contributed by atoms with Crippen molar-refractivity contribution in [3.8, 4) is 17.0 Å². The van der Waals surface area contributed by atoms with Gasteiger partial charge in [-0.05, 0) is 44.5 Å². The number of pyridine rings is 1. The lowest BCUT2D eigenvalue weighted by Gasteiger charge is -2.12. The van der Waals surface area contributed by atoms with E-state index in [9.17, 15) is 14.0 Å². The Labute approximate surface area is 172 Å². The van der Waals surface area contributed by atoms with Crippen LogP contribution in [-0.2, 0) is 4.74 Å². The van der Waals surface area contributed by atoms with Crippen LogP contribution in [0.4, 0.5) is 4.39 Å². The van der Waals surface area contributed by atoms with Crippen LogP contribution in [0.5, 0.6) is 5.88 Å². The van der Waals surface area contributed by atoms with Gasteiger partial charge in [-0.3, -0.25) is 9.78 Å². The van der Waals surface area contributed by atoms with E-state index in [1.165, 1.54) is 18.5 Å². The maximum atomic E-state index is 14.1. The van der Waals surface area contributed by atoms with Gasteiger partial charge >= 0.3 is 5.97 Å². The van der Waals surface area contributed by atoms with Crippen molar-refractivity contribution in [2.45, 2.75) is 20.8 Å². The molecule has 0 bridgehead atoms. The number of aryl methyl sites for hydroxylation is 2. The standard InChI is InChI=1S/C21H19FN4O4/c1-4-29-21(28)17-10-14(11-23-13(17)3)15-8-9-24-25-20(15)30-26-19(27)16-7-5-6-12(2)18(16)22/h5-11H,4H2,1-3H3,(H,26,27). The van der Waals surface area contributed by atoms with Gasteiger partial charge in [0.1, 0.15) is 5.82 Å². The van der Waals surface area contributed by atoms with Gasteiger partial charge < -0.3 is 9.57 Å². The lowest BCUT2D eigenvalue weighted by molar-refractivity contribution is 0.0525. The lowest BCUT2D eigenvalue weighted by atomic mass is 10.1. The SMILES string of the molecule is CCOC(=O)c1cc(-c2ccnnc2ONC(=O)c2cccc(C)c2F)cnc1C. The van der Waals surface area contributed by atoms with Crippen LogP contribution in [0.25, 0.3) is 11.1 Å². The molecule has 1 N–H and O–H groups in total. The smallest absolute Gasteiger partial charge is 0.339 e. The molecule has 2 aromatic heterocycles. The molecule has 1 aromatic carbocycles. The van der Waals surface area contributed by atoms with Crippen molar-refractivity contribution in [2.75, 3.05) is 6.61 Å². The summed E-state index contributed by atoms with van der Waals surface area (Å²) in [5.41, 5.74) is 4.06. The first-order valence-electron chi connectivity index (χ1n) is 9.10. The second-order valence-electron chi connectivity index (χ2n) is 6.30. The minimum atomic E-state index is -0.776. The molecular weight excluding hydrogens is 391 g/mol. The highest BCUT2D eigenvalue weighted by atomic mass is 19.1. The molecule has 8 nitrogen and oxygen atoms in total. The molecule has 0 aliphatic rings. The van der Waals surface area contributed by atoms with E-state index < -0.39 is 17.7 Å². The second kappa shape index (κ2) is 9.08. The Kier molecular flexibility index (Phi) is 6.31. The third-order valence-corrected chi connectivity index (χ3v) is 4.26. The number of nitrogens with one attached hydrogen (secondary N) is 1. The summed E-state index contributed by atoms with van der Waals surface area (Å²) in [6, 6.07) is 7.64. The van der Waals surface area contributed by atoms with Crippen molar-refractivity contribution in [3.05, 3.63) is 70.9 Å². The van der Waals surface area contributed by atoms with E-state index in [4.69, 9.17) is 9.57 Å². The van der Waals surface area contributed by atoms with Gasteiger partial charge in [0.25, 0.3) is 11.8 Å². The van der Waals surface area contributed by atoms with Crippen molar-refractivity contribution in [3.63, 3.8) is 0 Å². The summed E-state index contributed by atoms with van der Waals surface area (Å²) in [7, 11) is 0.